The van der Waals surface area contributed by atoms with Gasteiger partial charge in [-0.3, -0.25) is 9.38 Å². The van der Waals surface area contributed by atoms with Gasteiger partial charge in [-0.1, -0.05) is 0 Å². The van der Waals surface area contributed by atoms with Gasteiger partial charge < -0.3 is 20.1 Å². The molecule has 0 amide bonds. The van der Waals surface area contributed by atoms with Gasteiger partial charge in [0.1, 0.15) is 0 Å². The van der Waals surface area contributed by atoms with Crippen molar-refractivity contribution in [2.24, 2.45) is 4.99 Å². The van der Waals surface area contributed by atoms with Gasteiger partial charge in [-0.25, -0.2) is 0 Å². The van der Waals surface area contributed by atoms with Crippen LogP contribution in [0.4, 0.5) is 10.1 Å². The summed E-state index contributed by atoms with van der Waals surface area (Å²) in [6.07, 6.45) is 0.452. The van der Waals surface area contributed by atoms with E-state index in [2.05, 4.69) is 15.6 Å². The Balaban J connectivity index is 0.00000400. The van der Waals surface area contributed by atoms with Crippen LogP contribution in [0.25, 0.3) is 0 Å². The highest BCUT2D eigenvalue weighted by Gasteiger charge is 2.06. The van der Waals surface area contributed by atoms with E-state index in [1.165, 1.54) is 0 Å². The fourth-order valence-electron chi connectivity index (χ4n) is 1.61. The summed E-state index contributed by atoms with van der Waals surface area (Å²) in [4.78, 5) is 4.07. The summed E-state index contributed by atoms with van der Waals surface area (Å²) in [5, 5.41) is 6.14. The number of hydrogen-bond acceptors (Lipinski definition) is 3. The van der Waals surface area contributed by atoms with E-state index in [9.17, 15) is 4.39 Å². The van der Waals surface area contributed by atoms with Crippen LogP contribution in [0.3, 0.4) is 0 Å². The minimum atomic E-state index is -0.346. The predicted octanol–water partition coefficient (Wildman–Crippen LogP) is 3.06. The maximum Gasteiger partial charge on any atom is 0.195 e. The molecule has 0 bridgehead atoms. The maximum absolute atomic E-state index is 12.1. The average Bonchev–Trinajstić information content (AvgIpc) is 2.48. The summed E-state index contributed by atoms with van der Waals surface area (Å²) in [6, 6.07) is 5.53. The van der Waals surface area contributed by atoms with Crippen LogP contribution in [-0.4, -0.2) is 39.9 Å². The zero-order chi connectivity index (χ0) is 14.8. The van der Waals surface area contributed by atoms with Crippen LogP contribution < -0.4 is 20.1 Å². The number of methoxy groups -OCH3 is 1. The highest BCUT2D eigenvalue weighted by atomic mass is 127. The Hall–Kier alpha value is -1.25. The molecule has 2 N–H and O–H groups in total. The van der Waals surface area contributed by atoms with Crippen molar-refractivity contribution < 1.29 is 13.9 Å². The first-order valence-corrected chi connectivity index (χ1v) is 6.59. The molecule has 21 heavy (non-hydrogen) atoms. The molecule has 0 aliphatic carbocycles. The number of nitrogens with zero attached hydrogens (tertiary/aromatic N) is 1. The Labute approximate surface area is 142 Å². The van der Waals surface area contributed by atoms with E-state index in [-0.39, 0.29) is 30.7 Å². The first-order chi connectivity index (χ1) is 9.74. The summed E-state index contributed by atoms with van der Waals surface area (Å²) >= 11 is 0. The number of rotatable bonds is 7. The molecule has 0 atom stereocenters. The van der Waals surface area contributed by atoms with Crippen molar-refractivity contribution >= 4 is 35.6 Å². The highest BCUT2D eigenvalue weighted by Crippen LogP contribution is 2.30. The van der Waals surface area contributed by atoms with E-state index < -0.39 is 0 Å². The minimum absolute atomic E-state index is 0. The molecule has 120 valence electrons. The molecule has 0 aliphatic heterocycles. The third kappa shape index (κ3) is 6.83. The number of nitrogens with one attached hydrogen (secondary N) is 2. The van der Waals surface area contributed by atoms with Crippen LogP contribution in [0, 0.1) is 0 Å². The van der Waals surface area contributed by atoms with E-state index in [1.54, 1.807) is 14.2 Å². The number of alkyl halides is 1. The minimum Gasteiger partial charge on any atom is -0.493 e. The Kier molecular flexibility index (Phi) is 10.7. The normalized spacial score (nSPS) is 10.6. The molecular formula is C14H23FIN3O2. The topological polar surface area (TPSA) is 54.9 Å². The van der Waals surface area contributed by atoms with Crippen LogP contribution >= 0.6 is 24.0 Å². The summed E-state index contributed by atoms with van der Waals surface area (Å²) in [5.41, 5.74) is 0.818. The average molecular weight is 411 g/mol. The van der Waals surface area contributed by atoms with E-state index in [1.807, 2.05) is 25.1 Å². The fraction of sp³-hybridized carbons (Fsp3) is 0.500. The van der Waals surface area contributed by atoms with Crippen molar-refractivity contribution in [3.63, 3.8) is 0 Å². The molecule has 0 spiro atoms. The second-order valence-corrected chi connectivity index (χ2v) is 3.97. The van der Waals surface area contributed by atoms with Gasteiger partial charge in [-0.15, -0.1) is 24.0 Å². The van der Waals surface area contributed by atoms with Crippen molar-refractivity contribution in [2.45, 2.75) is 13.3 Å². The van der Waals surface area contributed by atoms with Crippen LogP contribution in [-0.2, 0) is 0 Å². The van der Waals surface area contributed by atoms with Gasteiger partial charge in [0, 0.05) is 25.3 Å². The Bertz CT molecular complexity index is 444. The molecule has 0 heterocycles. The standard InChI is InChI=1S/C14H22FN3O2.HI/c1-4-20-12-7-6-11(10-13(12)19-3)18-14(16-2)17-9-5-8-15;/h6-7,10H,4-5,8-9H2,1-3H3,(H2,16,17,18);1H. The SMILES string of the molecule is CCOc1ccc(NC(=NC)NCCCF)cc1OC.I. The van der Waals surface area contributed by atoms with Crippen LogP contribution in [0.1, 0.15) is 13.3 Å². The Morgan fingerprint density at radius 2 is 2.10 bits per heavy atom. The lowest BCUT2D eigenvalue weighted by Gasteiger charge is -2.14. The van der Waals surface area contributed by atoms with E-state index >= 15 is 0 Å². The number of halogens is 2. The molecular weight excluding hydrogens is 388 g/mol. The summed E-state index contributed by atoms with van der Waals surface area (Å²) in [5.74, 6) is 1.93. The lowest BCUT2D eigenvalue weighted by molar-refractivity contribution is 0.311. The number of guanidine groups is 1. The molecule has 1 rings (SSSR count). The smallest absolute Gasteiger partial charge is 0.195 e. The number of ether oxygens (including phenoxy) is 2. The van der Waals surface area contributed by atoms with Crippen molar-refractivity contribution in [1.82, 2.24) is 5.32 Å². The maximum atomic E-state index is 12.1. The lowest BCUT2D eigenvalue weighted by Crippen LogP contribution is -2.31. The van der Waals surface area contributed by atoms with E-state index in [0.29, 0.717) is 37.0 Å². The summed E-state index contributed by atoms with van der Waals surface area (Å²) in [7, 11) is 3.26. The molecule has 0 unspecified atom stereocenters. The van der Waals surface area contributed by atoms with Crippen molar-refractivity contribution in [2.75, 3.05) is 39.3 Å². The van der Waals surface area contributed by atoms with Gasteiger partial charge in [0.15, 0.2) is 17.5 Å². The van der Waals surface area contributed by atoms with E-state index in [4.69, 9.17) is 9.47 Å². The molecule has 0 saturated heterocycles. The van der Waals surface area contributed by atoms with Gasteiger partial charge in [0.05, 0.1) is 20.4 Å². The van der Waals surface area contributed by atoms with E-state index in [0.717, 1.165) is 5.69 Å². The van der Waals surface area contributed by atoms with Gasteiger partial charge in [-0.2, -0.15) is 0 Å². The second kappa shape index (κ2) is 11.4. The lowest BCUT2D eigenvalue weighted by atomic mass is 10.2. The molecule has 1 aromatic carbocycles. The second-order valence-electron chi connectivity index (χ2n) is 3.97. The third-order valence-corrected chi connectivity index (χ3v) is 2.55. The molecule has 0 fully saturated rings. The van der Waals surface area contributed by atoms with Crippen LogP contribution in [0.5, 0.6) is 11.5 Å². The van der Waals surface area contributed by atoms with Crippen LogP contribution in [0.2, 0.25) is 0 Å². The molecule has 1 aromatic rings. The quantitative estimate of drug-likeness (QED) is 0.314. The fourth-order valence-corrected chi connectivity index (χ4v) is 1.61. The monoisotopic (exact) mass is 411 g/mol. The molecule has 0 aliphatic rings. The van der Waals surface area contributed by atoms with Crippen molar-refractivity contribution in [1.29, 1.82) is 0 Å². The number of hydrogen-bond donors (Lipinski definition) is 2. The summed E-state index contributed by atoms with van der Waals surface area (Å²) < 4.78 is 22.8. The first kappa shape index (κ1) is 19.8. The zero-order valence-corrected chi connectivity index (χ0v) is 14.9. The summed E-state index contributed by atoms with van der Waals surface area (Å²) in [6.45, 7) is 2.68. The molecule has 0 radical (unpaired) electrons. The largest absolute Gasteiger partial charge is 0.493 e. The molecule has 0 aromatic heterocycles. The molecule has 5 nitrogen and oxygen atoms in total. The highest BCUT2D eigenvalue weighted by molar-refractivity contribution is 14.0. The Morgan fingerprint density at radius 3 is 2.67 bits per heavy atom. The number of anilines is 1. The van der Waals surface area contributed by atoms with Crippen LogP contribution in [0.15, 0.2) is 23.2 Å². The number of benzene rings is 1. The molecule has 7 heteroatoms. The van der Waals surface area contributed by atoms with Crippen molar-refractivity contribution in [3.8, 4) is 11.5 Å². The van der Waals surface area contributed by atoms with Crippen molar-refractivity contribution in [3.05, 3.63) is 18.2 Å². The van der Waals surface area contributed by atoms with Gasteiger partial charge in [-0.05, 0) is 25.5 Å². The predicted molar refractivity (Wildman–Crippen MR) is 95.2 cm³/mol. The zero-order valence-electron chi connectivity index (χ0n) is 12.6. The van der Waals surface area contributed by atoms with Gasteiger partial charge >= 0.3 is 0 Å². The van der Waals surface area contributed by atoms with Gasteiger partial charge in [0.25, 0.3) is 0 Å². The number of aliphatic imine (C=N–C) groups is 1. The van der Waals surface area contributed by atoms with Gasteiger partial charge in [0.2, 0.25) is 0 Å². The molecule has 0 saturated carbocycles. The third-order valence-electron chi connectivity index (χ3n) is 2.55. The Morgan fingerprint density at radius 1 is 1.33 bits per heavy atom. The first-order valence-electron chi connectivity index (χ1n) is 6.59.